The molecule has 2 rings (SSSR count). The van der Waals surface area contributed by atoms with Crippen LogP contribution in [0.4, 0.5) is 0 Å². The van der Waals surface area contributed by atoms with Gasteiger partial charge in [-0.05, 0) is 33.6 Å². The molecule has 0 aromatic carbocycles. The molecule has 0 spiro atoms. The van der Waals surface area contributed by atoms with Crippen LogP contribution in [0.5, 0.6) is 0 Å². The number of hydrogen-bond donors (Lipinski definition) is 0. The lowest BCUT2D eigenvalue weighted by molar-refractivity contribution is 0.376. The van der Waals surface area contributed by atoms with Crippen LogP contribution in [-0.2, 0) is 10.0 Å². The molecule has 1 aromatic rings. The van der Waals surface area contributed by atoms with Gasteiger partial charge in [0.05, 0.1) is 17.5 Å². The topological polar surface area (TPSA) is 63.4 Å². The molecule has 5 nitrogen and oxygen atoms in total. The molecule has 1 saturated heterocycles. The van der Waals surface area contributed by atoms with Gasteiger partial charge in [-0.3, -0.25) is 0 Å². The zero-order valence-corrected chi connectivity index (χ0v) is 11.2. The lowest BCUT2D eigenvalue weighted by atomic mass is 10.0. The van der Waals surface area contributed by atoms with Crippen LogP contribution in [0.25, 0.3) is 0 Å². The first kappa shape index (κ1) is 12.6. The van der Waals surface area contributed by atoms with E-state index in [0.717, 1.165) is 29.9 Å². The van der Waals surface area contributed by atoms with Gasteiger partial charge in [0, 0.05) is 12.1 Å². The predicted octanol–water partition coefficient (Wildman–Crippen LogP) is 1.78. The summed E-state index contributed by atoms with van der Waals surface area (Å²) in [6.07, 6.45) is 1.75. The van der Waals surface area contributed by atoms with Gasteiger partial charge in [0.2, 0.25) is 10.0 Å². The summed E-state index contributed by atoms with van der Waals surface area (Å²) in [4.78, 5) is 0. The molecular formula is C11H18N2O3S. The minimum Gasteiger partial charge on any atom is -0.361 e. The van der Waals surface area contributed by atoms with Crippen LogP contribution in [0.1, 0.15) is 42.8 Å². The van der Waals surface area contributed by atoms with E-state index in [9.17, 15) is 8.42 Å². The van der Waals surface area contributed by atoms with E-state index in [0.29, 0.717) is 6.54 Å². The molecule has 17 heavy (non-hydrogen) atoms. The fraction of sp³-hybridized carbons (Fsp3) is 0.727. The highest BCUT2D eigenvalue weighted by Crippen LogP contribution is 2.37. The quantitative estimate of drug-likeness (QED) is 0.829. The first-order valence-corrected chi connectivity index (χ1v) is 7.50. The second-order valence-corrected chi connectivity index (χ2v) is 6.62. The van der Waals surface area contributed by atoms with E-state index < -0.39 is 10.0 Å². The Morgan fingerprint density at radius 1 is 1.47 bits per heavy atom. The van der Waals surface area contributed by atoms with E-state index in [1.807, 2.05) is 13.8 Å². The molecule has 1 fully saturated rings. The summed E-state index contributed by atoms with van der Waals surface area (Å²) >= 11 is 0. The van der Waals surface area contributed by atoms with E-state index in [1.165, 1.54) is 0 Å². The van der Waals surface area contributed by atoms with Gasteiger partial charge in [-0.15, -0.1) is 0 Å². The largest absolute Gasteiger partial charge is 0.361 e. The minimum atomic E-state index is -3.14. The van der Waals surface area contributed by atoms with Crippen molar-refractivity contribution in [1.82, 2.24) is 9.46 Å². The third-order valence-electron chi connectivity index (χ3n) is 3.35. The Hall–Kier alpha value is -0.880. The molecule has 0 saturated carbocycles. The van der Waals surface area contributed by atoms with E-state index in [-0.39, 0.29) is 11.8 Å². The molecule has 6 heteroatoms. The van der Waals surface area contributed by atoms with Gasteiger partial charge < -0.3 is 4.52 Å². The summed E-state index contributed by atoms with van der Waals surface area (Å²) in [5.74, 6) is 0.873. The van der Waals surface area contributed by atoms with E-state index >= 15 is 0 Å². The average Bonchev–Trinajstić information content (AvgIpc) is 2.86. The summed E-state index contributed by atoms with van der Waals surface area (Å²) in [5.41, 5.74) is 1.74. The maximum absolute atomic E-state index is 12.0. The number of rotatable bonds is 3. The van der Waals surface area contributed by atoms with E-state index in [2.05, 4.69) is 5.16 Å². The van der Waals surface area contributed by atoms with Gasteiger partial charge in [-0.2, -0.15) is 4.31 Å². The maximum Gasteiger partial charge on any atom is 0.214 e. The SMILES string of the molecule is CCS(=O)(=O)N1CCC[C@H]1c1c(C)noc1C. The zero-order valence-electron chi connectivity index (χ0n) is 10.4. The van der Waals surface area contributed by atoms with Gasteiger partial charge in [-0.25, -0.2) is 8.42 Å². The lowest BCUT2D eigenvalue weighted by Crippen LogP contribution is -2.32. The van der Waals surface area contributed by atoms with Gasteiger partial charge in [0.15, 0.2) is 0 Å². The molecule has 2 heterocycles. The molecule has 0 unspecified atom stereocenters. The summed E-state index contributed by atoms with van der Waals surface area (Å²) in [5, 5.41) is 3.91. The molecule has 1 aliphatic rings. The summed E-state index contributed by atoms with van der Waals surface area (Å²) in [6.45, 7) is 5.98. The lowest BCUT2D eigenvalue weighted by Gasteiger charge is -2.23. The Balaban J connectivity index is 2.39. The van der Waals surface area contributed by atoms with Crippen LogP contribution >= 0.6 is 0 Å². The minimum absolute atomic E-state index is 0.0915. The summed E-state index contributed by atoms with van der Waals surface area (Å²) in [7, 11) is -3.14. The van der Waals surface area contributed by atoms with Crippen molar-refractivity contribution in [3.8, 4) is 0 Å². The first-order valence-electron chi connectivity index (χ1n) is 5.89. The third kappa shape index (κ3) is 2.11. The third-order valence-corrected chi connectivity index (χ3v) is 5.23. The van der Waals surface area contributed by atoms with Gasteiger partial charge in [0.1, 0.15) is 5.76 Å². The normalized spacial score (nSPS) is 22.2. The van der Waals surface area contributed by atoms with Crippen molar-refractivity contribution < 1.29 is 12.9 Å². The predicted molar refractivity (Wildman–Crippen MR) is 64.1 cm³/mol. The van der Waals surface area contributed by atoms with E-state index in [4.69, 9.17) is 4.52 Å². The number of sulfonamides is 1. The average molecular weight is 258 g/mol. The number of aromatic nitrogens is 1. The molecule has 0 bridgehead atoms. The number of aryl methyl sites for hydroxylation is 2. The van der Waals surface area contributed by atoms with Crippen molar-refractivity contribution in [2.45, 2.75) is 39.7 Å². The molecule has 96 valence electrons. The summed E-state index contributed by atoms with van der Waals surface area (Å²) in [6, 6.07) is -0.0915. The maximum atomic E-state index is 12.0. The van der Waals surface area contributed by atoms with Crippen LogP contribution in [0.15, 0.2) is 4.52 Å². The van der Waals surface area contributed by atoms with Crippen molar-refractivity contribution in [3.63, 3.8) is 0 Å². The highest BCUT2D eigenvalue weighted by molar-refractivity contribution is 7.89. The summed E-state index contributed by atoms with van der Waals surface area (Å²) < 4.78 is 30.7. The van der Waals surface area contributed by atoms with Crippen LogP contribution in [-0.4, -0.2) is 30.2 Å². The van der Waals surface area contributed by atoms with Crippen LogP contribution < -0.4 is 0 Å². The van der Waals surface area contributed by atoms with Crippen LogP contribution in [0, 0.1) is 13.8 Å². The molecule has 1 aliphatic heterocycles. The first-order chi connectivity index (χ1) is 7.97. The molecule has 0 radical (unpaired) electrons. The Bertz CT molecular complexity index is 487. The molecule has 0 amide bonds. The van der Waals surface area contributed by atoms with Crippen molar-refractivity contribution in [2.24, 2.45) is 0 Å². The van der Waals surface area contributed by atoms with Crippen LogP contribution in [0.2, 0.25) is 0 Å². The van der Waals surface area contributed by atoms with Crippen molar-refractivity contribution in [1.29, 1.82) is 0 Å². The van der Waals surface area contributed by atoms with Crippen molar-refractivity contribution in [2.75, 3.05) is 12.3 Å². The molecule has 1 atom stereocenters. The standard InChI is InChI=1S/C11H18N2O3S/c1-4-17(14,15)13-7-5-6-10(13)11-8(2)12-16-9(11)3/h10H,4-7H2,1-3H3/t10-/m0/s1. The Morgan fingerprint density at radius 3 is 2.71 bits per heavy atom. The van der Waals surface area contributed by atoms with Gasteiger partial charge in [-0.1, -0.05) is 5.16 Å². The highest BCUT2D eigenvalue weighted by Gasteiger charge is 2.36. The Labute approximate surface area is 102 Å². The molecular weight excluding hydrogens is 240 g/mol. The van der Waals surface area contributed by atoms with Crippen molar-refractivity contribution >= 4 is 10.0 Å². The zero-order chi connectivity index (χ0) is 12.6. The van der Waals surface area contributed by atoms with Gasteiger partial charge in [0.25, 0.3) is 0 Å². The molecule has 0 aliphatic carbocycles. The van der Waals surface area contributed by atoms with E-state index in [1.54, 1.807) is 11.2 Å². The molecule has 0 N–H and O–H groups in total. The highest BCUT2D eigenvalue weighted by atomic mass is 32.2. The Morgan fingerprint density at radius 2 is 2.18 bits per heavy atom. The Kier molecular flexibility index (Phi) is 3.27. The number of nitrogens with zero attached hydrogens (tertiary/aromatic N) is 2. The fourth-order valence-corrected chi connectivity index (χ4v) is 3.83. The second kappa shape index (κ2) is 4.42. The molecule has 1 aromatic heterocycles. The number of hydrogen-bond acceptors (Lipinski definition) is 4. The smallest absolute Gasteiger partial charge is 0.214 e. The monoisotopic (exact) mass is 258 g/mol. The van der Waals surface area contributed by atoms with Gasteiger partial charge >= 0.3 is 0 Å². The van der Waals surface area contributed by atoms with Crippen LogP contribution in [0.3, 0.4) is 0 Å². The fourth-order valence-electron chi connectivity index (χ4n) is 2.49. The second-order valence-electron chi connectivity index (χ2n) is 4.41. The van der Waals surface area contributed by atoms with Crippen molar-refractivity contribution in [3.05, 3.63) is 17.0 Å².